The van der Waals surface area contributed by atoms with E-state index in [4.69, 9.17) is 28.4 Å². The van der Waals surface area contributed by atoms with Gasteiger partial charge in [0.15, 0.2) is 12.1 Å². The first-order valence-corrected chi connectivity index (χ1v) is 11.6. The molecule has 3 rings (SSSR count). The lowest BCUT2D eigenvalue weighted by molar-refractivity contribution is -0.310. The minimum Gasteiger partial charge on any atom is -0.456 e. The Bertz CT molecular complexity index is 1230. The first kappa shape index (κ1) is 28.9. The minimum atomic E-state index is -1.56. The molecule has 0 aliphatic carbocycles. The van der Waals surface area contributed by atoms with Crippen LogP contribution in [0.1, 0.15) is 43.6 Å². The number of aromatic nitrogens is 1. The normalized spacial score (nSPS) is 22.4. The van der Waals surface area contributed by atoms with E-state index in [1.54, 1.807) is 24.3 Å². The van der Waals surface area contributed by atoms with Gasteiger partial charge in [-0.15, -0.1) is 0 Å². The Kier molecular flexibility index (Phi) is 9.81. The second kappa shape index (κ2) is 13.2. The van der Waals surface area contributed by atoms with Gasteiger partial charge in [0.05, 0.1) is 5.56 Å². The third-order valence-corrected chi connectivity index (χ3v) is 5.03. The van der Waals surface area contributed by atoms with Gasteiger partial charge in [0.25, 0.3) is 0 Å². The molecule has 0 N–H and O–H groups in total. The van der Waals surface area contributed by atoms with Crippen molar-refractivity contribution >= 4 is 36.1 Å². The molecule has 1 fully saturated rings. The van der Waals surface area contributed by atoms with E-state index in [-0.39, 0.29) is 11.3 Å². The SMILES string of the molecule is CC(=O)OC1OC(OC(C)=O)C(OC(C)=O)C(OC(C)=O)C1N=Cc1ccc(OC(=O)c2cccnc2)cc1. The quantitative estimate of drug-likeness (QED) is 0.206. The molecule has 206 valence electrons. The Hall–Kier alpha value is -4.65. The number of pyridine rings is 1. The molecule has 13 nitrogen and oxygen atoms in total. The van der Waals surface area contributed by atoms with Crippen LogP contribution in [0.4, 0.5) is 0 Å². The van der Waals surface area contributed by atoms with Gasteiger partial charge >= 0.3 is 29.8 Å². The summed E-state index contributed by atoms with van der Waals surface area (Å²) in [7, 11) is 0. The lowest BCUT2D eigenvalue weighted by atomic mass is 10.0. The van der Waals surface area contributed by atoms with Crippen LogP contribution in [0, 0.1) is 0 Å². The summed E-state index contributed by atoms with van der Waals surface area (Å²) in [4.78, 5) is 67.6. The average molecular weight is 542 g/mol. The fourth-order valence-corrected chi connectivity index (χ4v) is 3.55. The summed E-state index contributed by atoms with van der Waals surface area (Å²) in [5.41, 5.74) is 0.799. The van der Waals surface area contributed by atoms with Crippen molar-refractivity contribution in [2.75, 3.05) is 0 Å². The van der Waals surface area contributed by atoms with Gasteiger partial charge in [-0.1, -0.05) is 0 Å². The predicted molar refractivity (Wildman–Crippen MR) is 130 cm³/mol. The number of esters is 5. The van der Waals surface area contributed by atoms with Crippen LogP contribution < -0.4 is 4.74 Å². The van der Waals surface area contributed by atoms with E-state index in [2.05, 4.69) is 9.98 Å². The topological polar surface area (TPSA) is 166 Å². The van der Waals surface area contributed by atoms with Crippen molar-refractivity contribution in [1.82, 2.24) is 4.98 Å². The molecule has 0 bridgehead atoms. The van der Waals surface area contributed by atoms with Crippen LogP contribution in [-0.4, -0.2) is 71.9 Å². The van der Waals surface area contributed by atoms with Gasteiger partial charge in [-0.05, 0) is 42.0 Å². The summed E-state index contributed by atoms with van der Waals surface area (Å²) in [5.74, 6) is -3.40. The highest BCUT2D eigenvalue weighted by molar-refractivity contribution is 5.90. The van der Waals surface area contributed by atoms with Crippen molar-refractivity contribution in [2.24, 2.45) is 4.99 Å². The van der Waals surface area contributed by atoms with E-state index >= 15 is 0 Å². The third-order valence-electron chi connectivity index (χ3n) is 5.03. The Labute approximate surface area is 223 Å². The predicted octanol–water partition coefficient (Wildman–Crippen LogP) is 1.76. The van der Waals surface area contributed by atoms with Crippen LogP contribution in [0.2, 0.25) is 0 Å². The Morgan fingerprint density at radius 3 is 1.95 bits per heavy atom. The van der Waals surface area contributed by atoms with Gasteiger partial charge in [0, 0.05) is 46.3 Å². The molecule has 2 heterocycles. The molecule has 1 aromatic carbocycles. The lowest BCUT2D eigenvalue weighted by Gasteiger charge is -2.42. The van der Waals surface area contributed by atoms with E-state index in [0.29, 0.717) is 5.56 Å². The summed E-state index contributed by atoms with van der Waals surface area (Å²) >= 11 is 0. The van der Waals surface area contributed by atoms with Crippen molar-refractivity contribution in [2.45, 2.75) is 58.5 Å². The fraction of sp³-hybridized carbons (Fsp3) is 0.346. The van der Waals surface area contributed by atoms with E-state index in [0.717, 1.165) is 27.7 Å². The number of carbonyl (C=O) groups excluding carboxylic acids is 5. The fourth-order valence-electron chi connectivity index (χ4n) is 3.55. The van der Waals surface area contributed by atoms with E-state index in [1.165, 1.54) is 30.7 Å². The molecule has 5 unspecified atom stereocenters. The molecule has 13 heteroatoms. The van der Waals surface area contributed by atoms with Gasteiger partial charge in [-0.3, -0.25) is 33.9 Å². The molecule has 39 heavy (non-hydrogen) atoms. The van der Waals surface area contributed by atoms with E-state index in [9.17, 15) is 24.0 Å². The number of ether oxygens (including phenoxy) is 6. The molecule has 1 aliphatic heterocycles. The third kappa shape index (κ3) is 8.43. The molecule has 1 aromatic heterocycles. The highest BCUT2D eigenvalue weighted by atomic mass is 16.8. The maximum atomic E-state index is 12.2. The Balaban J connectivity index is 1.87. The van der Waals surface area contributed by atoms with Gasteiger partial charge < -0.3 is 23.7 Å². The molecule has 1 aliphatic rings. The number of rotatable bonds is 8. The average Bonchev–Trinajstić information content (AvgIpc) is 2.86. The zero-order chi connectivity index (χ0) is 28.5. The molecular weight excluding hydrogens is 516 g/mol. The summed E-state index contributed by atoms with van der Waals surface area (Å²) in [6, 6.07) is 8.18. The lowest BCUT2D eigenvalue weighted by Crippen LogP contribution is -2.61. The molecule has 0 radical (unpaired) electrons. The number of carbonyl (C=O) groups is 5. The summed E-state index contributed by atoms with van der Waals surface area (Å²) < 4.78 is 31.9. The monoisotopic (exact) mass is 542 g/mol. The van der Waals surface area contributed by atoms with Gasteiger partial charge in [-0.2, -0.15) is 0 Å². The second-order valence-corrected chi connectivity index (χ2v) is 8.21. The van der Waals surface area contributed by atoms with Crippen LogP contribution in [0.3, 0.4) is 0 Å². The maximum absolute atomic E-state index is 12.2. The first-order valence-electron chi connectivity index (χ1n) is 11.6. The van der Waals surface area contributed by atoms with E-state index in [1.807, 2.05) is 0 Å². The number of benzene rings is 1. The second-order valence-electron chi connectivity index (χ2n) is 8.21. The Morgan fingerprint density at radius 1 is 0.795 bits per heavy atom. The molecule has 0 saturated carbocycles. The van der Waals surface area contributed by atoms with Crippen molar-refractivity contribution in [1.29, 1.82) is 0 Å². The van der Waals surface area contributed by atoms with Crippen LogP contribution in [-0.2, 0) is 42.9 Å². The van der Waals surface area contributed by atoms with Crippen LogP contribution in [0.5, 0.6) is 5.75 Å². The van der Waals surface area contributed by atoms with Gasteiger partial charge in [0.1, 0.15) is 5.75 Å². The smallest absolute Gasteiger partial charge is 0.345 e. The van der Waals surface area contributed by atoms with Crippen LogP contribution in [0.25, 0.3) is 0 Å². The Morgan fingerprint density at radius 2 is 1.38 bits per heavy atom. The number of hydrogen-bond donors (Lipinski definition) is 0. The highest BCUT2D eigenvalue weighted by Gasteiger charge is 2.53. The molecule has 1 saturated heterocycles. The van der Waals surface area contributed by atoms with Crippen molar-refractivity contribution in [3.63, 3.8) is 0 Å². The number of nitrogens with zero attached hydrogens (tertiary/aromatic N) is 2. The number of aliphatic imine (C=N–C) groups is 1. The van der Waals surface area contributed by atoms with Crippen LogP contribution >= 0.6 is 0 Å². The van der Waals surface area contributed by atoms with Gasteiger partial charge in [0.2, 0.25) is 18.7 Å². The minimum absolute atomic E-state index is 0.261. The van der Waals surface area contributed by atoms with Crippen molar-refractivity contribution in [3.8, 4) is 5.75 Å². The van der Waals surface area contributed by atoms with Crippen molar-refractivity contribution in [3.05, 3.63) is 59.9 Å². The summed E-state index contributed by atoms with van der Waals surface area (Å²) in [6.07, 6.45) is -1.53. The van der Waals surface area contributed by atoms with Crippen molar-refractivity contribution < 1.29 is 52.4 Å². The largest absolute Gasteiger partial charge is 0.456 e. The van der Waals surface area contributed by atoms with Gasteiger partial charge in [-0.25, -0.2) is 4.79 Å². The maximum Gasteiger partial charge on any atom is 0.345 e. The standard InChI is InChI=1S/C26H26N2O11/c1-14(29)34-22-21(25(36-16(3)31)39-26(37-17(4)32)23(22)35-15(2)30)28-12-18-7-9-20(10-8-18)38-24(33)19-6-5-11-27-13-19/h5-13,21-23,25-26H,1-4H3. The number of hydrogen-bond acceptors (Lipinski definition) is 13. The molecule has 0 amide bonds. The molecular formula is C26H26N2O11. The van der Waals surface area contributed by atoms with Crippen LogP contribution in [0.15, 0.2) is 53.8 Å². The first-order chi connectivity index (χ1) is 18.5. The summed E-state index contributed by atoms with van der Waals surface area (Å²) in [5, 5.41) is 0. The van der Waals surface area contributed by atoms with E-state index < -0.39 is 60.7 Å². The zero-order valence-corrected chi connectivity index (χ0v) is 21.5. The summed E-state index contributed by atoms with van der Waals surface area (Å²) in [6.45, 7) is 4.44. The highest BCUT2D eigenvalue weighted by Crippen LogP contribution is 2.30. The zero-order valence-electron chi connectivity index (χ0n) is 21.5. The molecule has 2 aromatic rings. The molecule has 5 atom stereocenters. The molecule has 0 spiro atoms.